The van der Waals surface area contributed by atoms with Gasteiger partial charge in [-0.1, -0.05) is 34.3 Å². The molecule has 2 aromatic rings. The average Bonchev–Trinajstić information content (AvgIpc) is 2.58. The van der Waals surface area contributed by atoms with E-state index >= 15 is 0 Å². The average molecular weight is 177 g/mol. The molecule has 0 spiro atoms. The Bertz CT molecular complexity index is 352. The lowest BCUT2D eigenvalue weighted by atomic mass is 10.2. The van der Waals surface area contributed by atoms with E-state index in [2.05, 4.69) is 33.9 Å². The molecule has 60 valence electrons. The van der Waals surface area contributed by atoms with Crippen LogP contribution in [-0.4, -0.2) is 14.8 Å². The van der Waals surface area contributed by atoms with Gasteiger partial charge in [-0.3, -0.25) is 0 Å². The molecule has 0 unspecified atom stereocenters. The highest BCUT2D eigenvalue weighted by Crippen LogP contribution is 2.18. The molecule has 0 saturated heterocycles. The van der Waals surface area contributed by atoms with Gasteiger partial charge in [-0.05, 0) is 12.1 Å². The van der Waals surface area contributed by atoms with E-state index < -0.39 is 0 Å². The molecule has 12 heavy (non-hydrogen) atoms. The van der Waals surface area contributed by atoms with Crippen molar-refractivity contribution >= 4 is 11.5 Å². The van der Waals surface area contributed by atoms with E-state index in [-0.39, 0.29) is 0 Å². The first-order chi connectivity index (χ1) is 5.86. The zero-order valence-corrected chi connectivity index (χ0v) is 7.38. The highest BCUT2D eigenvalue weighted by Gasteiger charge is 2.00. The van der Waals surface area contributed by atoms with Crippen LogP contribution in [0.5, 0.6) is 0 Å². The molecule has 4 heteroatoms. The molecule has 0 bridgehead atoms. The van der Waals surface area contributed by atoms with Crippen LogP contribution in [0.2, 0.25) is 0 Å². The summed E-state index contributed by atoms with van der Waals surface area (Å²) in [5, 5.41) is 8.28. The summed E-state index contributed by atoms with van der Waals surface area (Å²) < 4.78 is 3.70. The van der Waals surface area contributed by atoms with Gasteiger partial charge in [-0.15, -0.1) is 5.10 Å². The van der Waals surface area contributed by atoms with Gasteiger partial charge in [0.2, 0.25) is 0 Å². The molecule has 0 amide bonds. The van der Waals surface area contributed by atoms with Gasteiger partial charge in [0, 0.05) is 17.1 Å². The minimum atomic E-state index is 0.870. The van der Waals surface area contributed by atoms with Gasteiger partial charge in [-0.25, -0.2) is 0 Å². The molecule has 0 aliphatic carbocycles. The van der Waals surface area contributed by atoms with E-state index in [1.54, 1.807) is 0 Å². The Kier molecular flexibility index (Phi) is 1.83. The Balaban J connectivity index is 2.43. The van der Waals surface area contributed by atoms with E-state index in [1.165, 1.54) is 17.1 Å². The van der Waals surface area contributed by atoms with Crippen LogP contribution in [0.15, 0.2) is 24.3 Å². The first-order valence-corrected chi connectivity index (χ1v) is 4.36. The third-order valence-corrected chi connectivity index (χ3v) is 2.24. The molecular weight excluding hydrogens is 170 g/mol. The fourth-order valence-corrected chi connectivity index (χ4v) is 1.41. The molecule has 3 nitrogen and oxygen atoms in total. The van der Waals surface area contributed by atoms with Crippen LogP contribution in [0.3, 0.4) is 0 Å². The summed E-state index contributed by atoms with van der Waals surface area (Å²) in [5.74, 6) is 0. The van der Waals surface area contributed by atoms with Gasteiger partial charge in [0.15, 0.2) is 5.01 Å². The van der Waals surface area contributed by atoms with Gasteiger partial charge in [0.05, 0.1) is 0 Å². The number of hydrogen-bond donors (Lipinski definition) is 0. The maximum absolute atomic E-state index is 3.87. The van der Waals surface area contributed by atoms with Gasteiger partial charge < -0.3 is 0 Å². The highest BCUT2D eigenvalue weighted by molar-refractivity contribution is 7.08. The van der Waals surface area contributed by atoms with Crippen LogP contribution in [-0.2, 0) is 0 Å². The summed E-state index contributed by atoms with van der Waals surface area (Å²) in [7, 11) is 0. The first-order valence-electron chi connectivity index (χ1n) is 3.58. The Morgan fingerprint density at radius 1 is 1.17 bits per heavy atom. The van der Waals surface area contributed by atoms with Crippen LogP contribution in [0, 0.1) is 6.92 Å². The third-order valence-electron chi connectivity index (χ3n) is 1.60. The maximum atomic E-state index is 3.87. The summed E-state index contributed by atoms with van der Waals surface area (Å²) in [6.45, 7) is 2.06. The first kappa shape index (κ1) is 7.36. The number of benzene rings is 1. The predicted octanol–water partition coefficient (Wildman–Crippen LogP) is 1.91. The normalized spacial score (nSPS) is 10.1. The second-order valence-corrected chi connectivity index (χ2v) is 3.27. The monoisotopic (exact) mass is 177 g/mol. The molecule has 2 rings (SSSR count). The molecule has 0 saturated carbocycles. The number of aryl methyl sites for hydroxylation is 1. The second-order valence-electron chi connectivity index (χ2n) is 2.53. The van der Waals surface area contributed by atoms with Crippen molar-refractivity contribution in [2.45, 2.75) is 6.92 Å². The largest absolute Gasteiger partial charge is 0.168 e. The van der Waals surface area contributed by atoms with Gasteiger partial charge in [0.25, 0.3) is 0 Å². The molecule has 1 heterocycles. The van der Waals surface area contributed by atoms with Crippen molar-refractivity contribution in [1.82, 2.24) is 14.8 Å². The van der Waals surface area contributed by atoms with Crippen molar-refractivity contribution in [2.24, 2.45) is 0 Å². The van der Waals surface area contributed by atoms with Crippen LogP contribution >= 0.6 is 11.5 Å². The number of nitrogens with zero attached hydrogens (tertiary/aromatic N) is 3. The van der Waals surface area contributed by atoms with Crippen molar-refractivity contribution in [1.29, 1.82) is 0 Å². The summed E-state index contributed by atoms with van der Waals surface area (Å²) in [4.78, 5) is 0. The minimum absolute atomic E-state index is 0.870. The van der Waals surface area contributed by atoms with Crippen molar-refractivity contribution in [3.05, 3.63) is 29.8 Å². The number of hydrogen-bond acceptors (Lipinski definition) is 4. The van der Waals surface area contributed by atoms with Crippen molar-refractivity contribution in [3.63, 3.8) is 0 Å². The molecule has 1 aromatic heterocycles. The topological polar surface area (TPSA) is 38.7 Å². The lowest BCUT2D eigenvalue weighted by Crippen LogP contribution is -1.77. The molecule has 0 fully saturated rings. The lowest BCUT2D eigenvalue weighted by Gasteiger charge is -1.93. The molecule has 0 radical (unpaired) electrons. The van der Waals surface area contributed by atoms with Crippen LogP contribution < -0.4 is 0 Å². The zero-order chi connectivity index (χ0) is 8.39. The number of aromatic nitrogens is 3. The van der Waals surface area contributed by atoms with E-state index in [0.29, 0.717) is 0 Å². The maximum Gasteiger partial charge on any atom is 0.168 e. The highest BCUT2D eigenvalue weighted by atomic mass is 32.1. The molecule has 0 aliphatic rings. The van der Waals surface area contributed by atoms with Gasteiger partial charge >= 0.3 is 0 Å². The fraction of sp³-hybridized carbons (Fsp3) is 0.125. The Morgan fingerprint density at radius 2 is 1.92 bits per heavy atom. The second kappa shape index (κ2) is 2.98. The molecular formula is C8H7N3S. The molecule has 0 atom stereocenters. The Hall–Kier alpha value is -1.29. The van der Waals surface area contributed by atoms with E-state index in [1.807, 2.05) is 12.1 Å². The summed E-state index contributed by atoms with van der Waals surface area (Å²) in [6.07, 6.45) is 0. The summed E-state index contributed by atoms with van der Waals surface area (Å²) in [6, 6.07) is 8.16. The third kappa shape index (κ3) is 1.33. The summed E-state index contributed by atoms with van der Waals surface area (Å²) >= 11 is 1.31. The molecule has 1 aromatic carbocycles. The van der Waals surface area contributed by atoms with E-state index in [4.69, 9.17) is 0 Å². The number of rotatable bonds is 1. The lowest BCUT2D eigenvalue weighted by molar-refractivity contribution is 0.961. The Morgan fingerprint density at radius 3 is 2.50 bits per heavy atom. The Labute approximate surface area is 74.2 Å². The van der Waals surface area contributed by atoms with Crippen molar-refractivity contribution < 1.29 is 0 Å². The molecule has 0 aliphatic heterocycles. The van der Waals surface area contributed by atoms with E-state index in [9.17, 15) is 0 Å². The van der Waals surface area contributed by atoms with Gasteiger partial charge in [0.1, 0.15) is 0 Å². The quantitative estimate of drug-likeness (QED) is 0.667. The zero-order valence-electron chi connectivity index (χ0n) is 6.56. The van der Waals surface area contributed by atoms with Gasteiger partial charge in [-0.2, -0.15) is 0 Å². The van der Waals surface area contributed by atoms with Crippen LogP contribution in [0.4, 0.5) is 0 Å². The van der Waals surface area contributed by atoms with Crippen LogP contribution in [0.1, 0.15) is 5.56 Å². The standard InChI is InChI=1S/C8H7N3S/c1-6-2-4-7(5-3-6)8-9-10-11-12-8/h2-5H,1H3. The SMILES string of the molecule is Cc1ccc(-c2nnns2)cc1. The molecule has 0 N–H and O–H groups in total. The van der Waals surface area contributed by atoms with E-state index in [0.717, 1.165) is 10.6 Å². The fourth-order valence-electron chi connectivity index (χ4n) is 0.941. The smallest absolute Gasteiger partial charge is 0.117 e. The van der Waals surface area contributed by atoms with Crippen molar-refractivity contribution in [2.75, 3.05) is 0 Å². The van der Waals surface area contributed by atoms with Crippen molar-refractivity contribution in [3.8, 4) is 10.6 Å². The minimum Gasteiger partial charge on any atom is -0.117 e. The predicted molar refractivity (Wildman–Crippen MR) is 47.9 cm³/mol. The summed E-state index contributed by atoms with van der Waals surface area (Å²) in [5.41, 5.74) is 2.33. The van der Waals surface area contributed by atoms with Crippen LogP contribution in [0.25, 0.3) is 10.6 Å².